The van der Waals surface area contributed by atoms with E-state index in [1.807, 2.05) is 38.1 Å². The number of nitro benzene ring substituents is 1. The number of carbonyl (C=O) groups excluding carboxylic acids is 4. The van der Waals surface area contributed by atoms with E-state index in [-0.39, 0.29) is 47.9 Å². The van der Waals surface area contributed by atoms with Crippen molar-refractivity contribution in [3.63, 3.8) is 0 Å². The fourth-order valence-electron chi connectivity index (χ4n) is 6.00. The van der Waals surface area contributed by atoms with E-state index >= 15 is 0 Å². The van der Waals surface area contributed by atoms with E-state index in [4.69, 9.17) is 14.2 Å². The van der Waals surface area contributed by atoms with Crippen LogP contribution >= 0.6 is 0 Å². The molecule has 2 aliphatic rings. The van der Waals surface area contributed by atoms with Gasteiger partial charge in [-0.15, -0.1) is 0 Å². The van der Waals surface area contributed by atoms with Gasteiger partial charge in [0.25, 0.3) is 5.69 Å². The molecule has 258 valence electrons. The minimum absolute atomic E-state index is 0.0532. The van der Waals surface area contributed by atoms with Crippen molar-refractivity contribution < 1.29 is 38.3 Å². The van der Waals surface area contributed by atoms with Crippen LogP contribution < -0.4 is 4.74 Å². The normalized spacial score (nSPS) is 21.5. The molecule has 1 saturated heterocycles. The van der Waals surface area contributed by atoms with Crippen molar-refractivity contribution in [2.24, 2.45) is 11.3 Å². The molecular formula is C36H45N3O9. The van der Waals surface area contributed by atoms with Crippen LogP contribution in [0, 0.1) is 21.4 Å². The van der Waals surface area contributed by atoms with Crippen LogP contribution in [0.1, 0.15) is 75.2 Å². The standard InChI is InChI=1S/C36H45N3O9/c1-5-47-34(42)36(3)22-28(36)11-9-7-6-8-10-20-37(23-26-12-18-30(46-4)19-13-26)35(43)38-24-31(21-32(38)25(2)40)48-33(41)27-14-16-29(17-15-27)39(44)45/h9,11-19,28,31-32H,5-8,10,20-24H2,1-4H3/b11-9-/t28-,31-,32+,36+/m1/s1. The number of hydrogen-bond acceptors (Lipinski definition) is 9. The molecule has 1 aliphatic heterocycles. The predicted molar refractivity (Wildman–Crippen MR) is 177 cm³/mol. The number of carbonyl (C=O) groups is 4. The summed E-state index contributed by atoms with van der Waals surface area (Å²) in [6, 6.07) is 11.5. The Balaban J connectivity index is 1.36. The summed E-state index contributed by atoms with van der Waals surface area (Å²) in [6.45, 7) is 6.40. The third-order valence-electron chi connectivity index (χ3n) is 9.08. The molecule has 1 saturated carbocycles. The molecule has 0 radical (unpaired) electrons. The van der Waals surface area contributed by atoms with Crippen molar-refractivity contribution in [2.45, 2.75) is 78.0 Å². The van der Waals surface area contributed by atoms with E-state index < -0.39 is 28.5 Å². The second-order valence-electron chi connectivity index (χ2n) is 12.6. The quantitative estimate of drug-likeness (QED) is 0.0682. The number of allylic oxidation sites excluding steroid dienone is 2. The van der Waals surface area contributed by atoms with Crippen molar-refractivity contribution >= 4 is 29.4 Å². The molecule has 0 aromatic heterocycles. The maximum atomic E-state index is 14.0. The molecule has 12 heteroatoms. The SMILES string of the molecule is CCOC(=O)[C@@]1(C)C[C@H]1/C=C\CCCCCN(Cc1ccc(OC)cc1)C(=O)N1C[C@H](OC(=O)c2ccc([N+](=O)[O-])cc2)C[C@H]1C(C)=O. The Morgan fingerprint density at radius 1 is 1.06 bits per heavy atom. The van der Waals surface area contributed by atoms with Crippen molar-refractivity contribution in [1.82, 2.24) is 9.80 Å². The number of urea groups is 1. The molecule has 1 heterocycles. The number of nitrogens with zero attached hydrogens (tertiary/aromatic N) is 3. The Morgan fingerprint density at radius 2 is 1.77 bits per heavy atom. The monoisotopic (exact) mass is 663 g/mol. The molecule has 48 heavy (non-hydrogen) atoms. The first-order valence-corrected chi connectivity index (χ1v) is 16.4. The first-order chi connectivity index (χ1) is 23.0. The third kappa shape index (κ3) is 9.20. The van der Waals surface area contributed by atoms with Crippen LogP contribution in [0.3, 0.4) is 0 Å². The molecule has 0 N–H and O–H groups in total. The Kier molecular flexibility index (Phi) is 12.3. The number of Topliss-reactive ketones (excluding diaryl/α,β-unsaturated/α-hetero) is 1. The lowest BCUT2D eigenvalue weighted by Gasteiger charge is -2.31. The fourth-order valence-corrected chi connectivity index (χ4v) is 6.00. The summed E-state index contributed by atoms with van der Waals surface area (Å²) in [7, 11) is 1.59. The van der Waals surface area contributed by atoms with Crippen LogP contribution in [0.4, 0.5) is 10.5 Å². The fraction of sp³-hybridized carbons (Fsp3) is 0.500. The second-order valence-corrected chi connectivity index (χ2v) is 12.6. The van der Waals surface area contributed by atoms with Crippen molar-refractivity contribution in [1.29, 1.82) is 0 Å². The molecule has 1 aliphatic carbocycles. The highest BCUT2D eigenvalue weighted by Gasteiger charge is 2.55. The zero-order valence-electron chi connectivity index (χ0n) is 28.1. The van der Waals surface area contributed by atoms with Gasteiger partial charge >= 0.3 is 18.0 Å². The van der Waals surface area contributed by atoms with Crippen LogP contribution in [-0.2, 0) is 25.6 Å². The lowest BCUT2D eigenvalue weighted by molar-refractivity contribution is -0.384. The van der Waals surface area contributed by atoms with Crippen LogP contribution in [0.15, 0.2) is 60.7 Å². The number of amides is 2. The summed E-state index contributed by atoms with van der Waals surface area (Å²) in [6.07, 6.45) is 7.90. The molecule has 2 aromatic rings. The largest absolute Gasteiger partial charge is 0.497 e. The summed E-state index contributed by atoms with van der Waals surface area (Å²) in [4.78, 5) is 65.3. The van der Waals surface area contributed by atoms with Gasteiger partial charge in [0.15, 0.2) is 5.78 Å². The topological polar surface area (TPSA) is 146 Å². The van der Waals surface area contributed by atoms with Gasteiger partial charge in [-0.05, 0) is 82.2 Å². The number of non-ortho nitro benzene ring substituents is 1. The Labute approximate surface area is 281 Å². The smallest absolute Gasteiger partial charge is 0.338 e. The molecular weight excluding hydrogens is 618 g/mol. The first-order valence-electron chi connectivity index (χ1n) is 16.4. The second kappa shape index (κ2) is 16.4. The number of likely N-dealkylation sites (tertiary alicyclic amines) is 1. The highest BCUT2D eigenvalue weighted by Crippen LogP contribution is 2.54. The summed E-state index contributed by atoms with van der Waals surface area (Å²) in [5, 5.41) is 11.0. The average Bonchev–Trinajstić information content (AvgIpc) is 3.55. The summed E-state index contributed by atoms with van der Waals surface area (Å²) in [5.41, 5.74) is 0.488. The van der Waals surface area contributed by atoms with Crippen LogP contribution in [0.25, 0.3) is 0 Å². The van der Waals surface area contributed by atoms with E-state index in [0.29, 0.717) is 25.4 Å². The predicted octanol–water partition coefficient (Wildman–Crippen LogP) is 6.12. The van der Waals surface area contributed by atoms with Gasteiger partial charge in [0.2, 0.25) is 0 Å². The average molecular weight is 664 g/mol. The summed E-state index contributed by atoms with van der Waals surface area (Å²) < 4.78 is 16.1. The minimum Gasteiger partial charge on any atom is -0.497 e. The van der Waals surface area contributed by atoms with Gasteiger partial charge in [-0.2, -0.15) is 0 Å². The van der Waals surface area contributed by atoms with Gasteiger partial charge in [-0.3, -0.25) is 19.7 Å². The molecule has 0 bridgehead atoms. The number of hydrogen-bond donors (Lipinski definition) is 0. The van der Waals surface area contributed by atoms with Crippen LogP contribution in [0.2, 0.25) is 0 Å². The number of benzene rings is 2. The number of ether oxygens (including phenoxy) is 3. The molecule has 12 nitrogen and oxygen atoms in total. The number of methoxy groups -OCH3 is 1. The van der Waals surface area contributed by atoms with Gasteiger partial charge < -0.3 is 24.0 Å². The van der Waals surface area contributed by atoms with E-state index in [1.54, 1.807) is 12.0 Å². The van der Waals surface area contributed by atoms with Crippen molar-refractivity contribution in [3.8, 4) is 5.75 Å². The van der Waals surface area contributed by atoms with Crippen LogP contribution in [-0.4, -0.2) is 77.4 Å². The number of nitro groups is 1. The first kappa shape index (κ1) is 36.1. The van der Waals surface area contributed by atoms with Crippen molar-refractivity contribution in [2.75, 3.05) is 26.8 Å². The van der Waals surface area contributed by atoms with Gasteiger partial charge in [0.1, 0.15) is 11.9 Å². The minimum atomic E-state index is -0.751. The van der Waals surface area contributed by atoms with Gasteiger partial charge in [0.05, 0.1) is 42.2 Å². The van der Waals surface area contributed by atoms with E-state index in [0.717, 1.165) is 37.7 Å². The molecule has 0 unspecified atom stereocenters. The Morgan fingerprint density at radius 3 is 2.40 bits per heavy atom. The maximum absolute atomic E-state index is 14.0. The molecule has 2 fully saturated rings. The lowest BCUT2D eigenvalue weighted by atomic mass is 10.1. The number of esters is 2. The zero-order valence-corrected chi connectivity index (χ0v) is 28.1. The number of unbranched alkanes of at least 4 members (excludes halogenated alkanes) is 3. The van der Waals surface area contributed by atoms with Gasteiger partial charge in [0, 0.05) is 31.6 Å². The third-order valence-corrected chi connectivity index (χ3v) is 9.08. The zero-order chi connectivity index (χ0) is 34.8. The van der Waals surface area contributed by atoms with Gasteiger partial charge in [-0.1, -0.05) is 30.7 Å². The lowest BCUT2D eigenvalue weighted by Crippen LogP contribution is -2.47. The van der Waals surface area contributed by atoms with E-state index in [9.17, 15) is 29.3 Å². The molecule has 4 atom stereocenters. The summed E-state index contributed by atoms with van der Waals surface area (Å²) >= 11 is 0. The molecule has 2 amide bonds. The maximum Gasteiger partial charge on any atom is 0.338 e. The number of ketones is 1. The van der Waals surface area contributed by atoms with Crippen molar-refractivity contribution in [3.05, 3.63) is 81.9 Å². The molecule has 0 spiro atoms. The Hall–Kier alpha value is -4.74. The summed E-state index contributed by atoms with van der Waals surface area (Å²) in [5.74, 6) is -0.111. The highest BCUT2D eigenvalue weighted by molar-refractivity contribution is 5.90. The van der Waals surface area contributed by atoms with Gasteiger partial charge in [-0.25, -0.2) is 9.59 Å². The molecule has 2 aromatic carbocycles. The number of rotatable bonds is 16. The van der Waals surface area contributed by atoms with Crippen LogP contribution in [0.5, 0.6) is 5.75 Å². The van der Waals surface area contributed by atoms with E-state index in [2.05, 4.69) is 12.2 Å². The van der Waals surface area contributed by atoms with E-state index in [1.165, 1.54) is 36.1 Å². The molecule has 4 rings (SSSR count). The Bertz CT molecular complexity index is 1490. The highest BCUT2D eigenvalue weighted by atomic mass is 16.6.